The first-order valence-electron chi connectivity index (χ1n) is 7.59. The molecule has 1 unspecified atom stereocenters. The van der Waals surface area contributed by atoms with Gasteiger partial charge in [-0.15, -0.1) is 0 Å². The van der Waals surface area contributed by atoms with E-state index in [1.165, 1.54) is 54.6 Å². The summed E-state index contributed by atoms with van der Waals surface area (Å²) in [6, 6.07) is 4.70. The van der Waals surface area contributed by atoms with Gasteiger partial charge in [-0.2, -0.15) is 0 Å². The average Bonchev–Trinajstić information content (AvgIpc) is 2.37. The van der Waals surface area contributed by atoms with Crippen molar-refractivity contribution in [3.8, 4) is 0 Å². The molecule has 0 spiro atoms. The van der Waals surface area contributed by atoms with E-state index in [2.05, 4.69) is 37.8 Å². The van der Waals surface area contributed by atoms with Crippen molar-refractivity contribution in [3.05, 3.63) is 34.4 Å². The predicted molar refractivity (Wildman–Crippen MR) is 82.3 cm³/mol. The highest BCUT2D eigenvalue weighted by atomic mass is 15.1. The Bertz CT molecular complexity index is 424. The first kappa shape index (κ1) is 14.5. The van der Waals surface area contributed by atoms with Crippen LogP contribution in [0.1, 0.15) is 41.5 Å². The number of nitrogens with zero attached hydrogens (tertiary/aromatic N) is 1. The van der Waals surface area contributed by atoms with Crippen molar-refractivity contribution in [2.45, 2.75) is 46.6 Å². The van der Waals surface area contributed by atoms with Crippen LogP contribution in [0.5, 0.6) is 0 Å². The summed E-state index contributed by atoms with van der Waals surface area (Å²) in [6.07, 6.45) is 3.87. The highest BCUT2D eigenvalue weighted by Crippen LogP contribution is 2.23. The topological polar surface area (TPSA) is 29.3 Å². The highest BCUT2D eigenvalue weighted by molar-refractivity contribution is 5.36. The summed E-state index contributed by atoms with van der Waals surface area (Å²) in [6.45, 7) is 11.1. The van der Waals surface area contributed by atoms with Crippen molar-refractivity contribution >= 4 is 0 Å². The molecule has 1 saturated heterocycles. The van der Waals surface area contributed by atoms with Crippen LogP contribution in [0.4, 0.5) is 0 Å². The number of rotatable bonds is 4. The van der Waals surface area contributed by atoms with E-state index in [9.17, 15) is 0 Å². The Morgan fingerprint density at radius 3 is 2.63 bits per heavy atom. The first-order chi connectivity index (χ1) is 9.10. The number of nitrogens with two attached hydrogens (primary N) is 1. The molecule has 0 bridgehead atoms. The smallest absolute Gasteiger partial charge is 0.0236 e. The Balaban J connectivity index is 2.02. The third kappa shape index (κ3) is 3.80. The molecule has 1 aliphatic heterocycles. The van der Waals surface area contributed by atoms with Crippen LogP contribution in [0.15, 0.2) is 12.1 Å². The van der Waals surface area contributed by atoms with E-state index < -0.39 is 0 Å². The summed E-state index contributed by atoms with van der Waals surface area (Å²) in [5, 5.41) is 0. The lowest BCUT2D eigenvalue weighted by Crippen LogP contribution is -2.35. The lowest BCUT2D eigenvalue weighted by Gasteiger charge is -2.33. The fourth-order valence-electron chi connectivity index (χ4n) is 3.20. The van der Waals surface area contributed by atoms with Crippen LogP contribution in [0.25, 0.3) is 0 Å². The number of hydrogen-bond acceptors (Lipinski definition) is 2. The Kier molecular flexibility index (Phi) is 5.00. The Hall–Kier alpha value is -0.860. The number of hydrogen-bond donors (Lipinski definition) is 1. The van der Waals surface area contributed by atoms with E-state index in [1.807, 2.05) is 0 Å². The number of likely N-dealkylation sites (tertiary alicyclic amines) is 1. The van der Waals surface area contributed by atoms with Gasteiger partial charge in [0.25, 0.3) is 0 Å². The van der Waals surface area contributed by atoms with Crippen LogP contribution in [0.3, 0.4) is 0 Å². The molecule has 0 aromatic heterocycles. The fourth-order valence-corrected chi connectivity index (χ4v) is 3.20. The van der Waals surface area contributed by atoms with Crippen LogP contribution in [0.2, 0.25) is 0 Å². The molecular weight excluding hydrogens is 232 g/mol. The molecule has 2 rings (SSSR count). The van der Waals surface area contributed by atoms with Gasteiger partial charge in [0.15, 0.2) is 0 Å². The van der Waals surface area contributed by atoms with E-state index in [0.717, 1.165) is 19.0 Å². The summed E-state index contributed by atoms with van der Waals surface area (Å²) in [5.41, 5.74) is 11.4. The van der Waals surface area contributed by atoms with Crippen molar-refractivity contribution in [2.75, 3.05) is 19.6 Å². The SMILES string of the molecule is Cc1cc(C)c(CN2CCCC(CCN)C2)cc1C. The standard InChI is InChI=1S/C17H28N2/c1-13-9-15(3)17(10-14(13)2)12-19-8-4-5-16(11-19)6-7-18/h9-10,16H,4-8,11-12,18H2,1-3H3. The summed E-state index contributed by atoms with van der Waals surface area (Å²) >= 11 is 0. The quantitative estimate of drug-likeness (QED) is 0.901. The Labute approximate surface area is 118 Å². The van der Waals surface area contributed by atoms with Gasteiger partial charge in [0.05, 0.1) is 0 Å². The second kappa shape index (κ2) is 6.53. The Morgan fingerprint density at radius 2 is 1.89 bits per heavy atom. The molecule has 0 saturated carbocycles. The summed E-state index contributed by atoms with van der Waals surface area (Å²) in [7, 11) is 0. The minimum Gasteiger partial charge on any atom is -0.330 e. The summed E-state index contributed by atoms with van der Waals surface area (Å²) in [4.78, 5) is 2.61. The van der Waals surface area contributed by atoms with Gasteiger partial charge in [-0.3, -0.25) is 4.90 Å². The molecule has 0 amide bonds. The molecule has 1 heterocycles. The van der Waals surface area contributed by atoms with Crippen molar-refractivity contribution in [1.29, 1.82) is 0 Å². The van der Waals surface area contributed by atoms with Crippen molar-refractivity contribution in [2.24, 2.45) is 11.7 Å². The van der Waals surface area contributed by atoms with Gasteiger partial charge in [0, 0.05) is 13.1 Å². The molecule has 1 aliphatic rings. The second-order valence-corrected chi connectivity index (χ2v) is 6.18. The van der Waals surface area contributed by atoms with Gasteiger partial charge < -0.3 is 5.73 Å². The maximum absolute atomic E-state index is 5.70. The van der Waals surface area contributed by atoms with Gasteiger partial charge in [-0.1, -0.05) is 12.1 Å². The van der Waals surface area contributed by atoms with Crippen LogP contribution >= 0.6 is 0 Å². The molecule has 1 aromatic carbocycles. The van der Waals surface area contributed by atoms with Crippen LogP contribution < -0.4 is 5.73 Å². The summed E-state index contributed by atoms with van der Waals surface area (Å²) < 4.78 is 0. The number of piperidine rings is 1. The number of aryl methyl sites for hydroxylation is 3. The normalized spacial score (nSPS) is 20.7. The Morgan fingerprint density at radius 1 is 1.16 bits per heavy atom. The lowest BCUT2D eigenvalue weighted by atomic mass is 9.93. The summed E-state index contributed by atoms with van der Waals surface area (Å²) in [5.74, 6) is 0.811. The van der Waals surface area contributed by atoms with Crippen LogP contribution in [-0.4, -0.2) is 24.5 Å². The van der Waals surface area contributed by atoms with Gasteiger partial charge in [0.1, 0.15) is 0 Å². The van der Waals surface area contributed by atoms with E-state index in [1.54, 1.807) is 0 Å². The highest BCUT2D eigenvalue weighted by Gasteiger charge is 2.19. The zero-order valence-corrected chi connectivity index (χ0v) is 12.7. The van der Waals surface area contributed by atoms with Gasteiger partial charge in [-0.05, 0) is 81.3 Å². The molecule has 1 aromatic rings. The third-order valence-corrected chi connectivity index (χ3v) is 4.52. The minimum absolute atomic E-state index is 0.811. The monoisotopic (exact) mass is 260 g/mol. The molecule has 2 nitrogen and oxygen atoms in total. The zero-order valence-electron chi connectivity index (χ0n) is 12.7. The maximum atomic E-state index is 5.70. The molecule has 1 atom stereocenters. The molecule has 19 heavy (non-hydrogen) atoms. The largest absolute Gasteiger partial charge is 0.330 e. The molecule has 0 radical (unpaired) electrons. The molecule has 106 valence electrons. The zero-order chi connectivity index (χ0) is 13.8. The van der Waals surface area contributed by atoms with E-state index in [4.69, 9.17) is 5.73 Å². The molecule has 1 fully saturated rings. The van der Waals surface area contributed by atoms with Gasteiger partial charge in [0.2, 0.25) is 0 Å². The van der Waals surface area contributed by atoms with Crippen molar-refractivity contribution in [1.82, 2.24) is 4.90 Å². The third-order valence-electron chi connectivity index (χ3n) is 4.52. The first-order valence-corrected chi connectivity index (χ1v) is 7.59. The molecule has 2 heteroatoms. The molecule has 2 N–H and O–H groups in total. The van der Waals surface area contributed by atoms with E-state index >= 15 is 0 Å². The second-order valence-electron chi connectivity index (χ2n) is 6.18. The van der Waals surface area contributed by atoms with Gasteiger partial charge in [-0.25, -0.2) is 0 Å². The van der Waals surface area contributed by atoms with Crippen LogP contribution in [0, 0.1) is 26.7 Å². The predicted octanol–water partition coefficient (Wildman–Crippen LogP) is 3.17. The lowest BCUT2D eigenvalue weighted by molar-refractivity contribution is 0.163. The minimum atomic E-state index is 0.811. The van der Waals surface area contributed by atoms with E-state index in [-0.39, 0.29) is 0 Å². The fraction of sp³-hybridized carbons (Fsp3) is 0.647. The van der Waals surface area contributed by atoms with Gasteiger partial charge >= 0.3 is 0 Å². The molecular formula is C17H28N2. The number of benzene rings is 1. The van der Waals surface area contributed by atoms with Crippen LogP contribution in [-0.2, 0) is 6.54 Å². The van der Waals surface area contributed by atoms with Crippen molar-refractivity contribution < 1.29 is 0 Å². The maximum Gasteiger partial charge on any atom is 0.0236 e. The molecule has 0 aliphatic carbocycles. The average molecular weight is 260 g/mol. The van der Waals surface area contributed by atoms with E-state index in [0.29, 0.717) is 0 Å². The van der Waals surface area contributed by atoms with Crippen molar-refractivity contribution in [3.63, 3.8) is 0 Å².